The maximum absolute atomic E-state index is 5.64. The fourth-order valence-corrected chi connectivity index (χ4v) is 2.62. The molecule has 0 aliphatic rings. The highest BCUT2D eigenvalue weighted by molar-refractivity contribution is 7.16. The Balaban J connectivity index is 3.11. The van der Waals surface area contributed by atoms with E-state index in [1.165, 1.54) is 4.88 Å². The first-order valence-electron chi connectivity index (χ1n) is 5.35. The molecule has 2 N–H and O–H groups in total. The van der Waals surface area contributed by atoms with Crippen LogP contribution in [0.25, 0.3) is 0 Å². The average Bonchev–Trinajstić information content (AvgIpc) is 2.61. The van der Waals surface area contributed by atoms with Gasteiger partial charge in [0.1, 0.15) is 0 Å². The highest BCUT2D eigenvalue weighted by Gasteiger charge is 2.28. The monoisotopic (exact) mass is 243 g/mol. The molecule has 16 heavy (non-hydrogen) atoms. The van der Waals surface area contributed by atoms with Crippen molar-refractivity contribution in [2.24, 2.45) is 5.73 Å². The molecule has 1 aromatic rings. The normalized spacial score (nSPS) is 11.6. The first kappa shape index (κ1) is 13.3. The van der Waals surface area contributed by atoms with Crippen LogP contribution in [0.4, 0.5) is 5.13 Å². The number of nitrogens with two attached hydrogens (primary N) is 1. The number of aromatic nitrogens is 1. The molecule has 92 valence electrons. The second-order valence-corrected chi connectivity index (χ2v) is 5.63. The van der Waals surface area contributed by atoms with Crippen LogP contribution in [0.5, 0.6) is 5.88 Å². The molecule has 0 atom stereocenters. The van der Waals surface area contributed by atoms with E-state index < -0.39 is 0 Å². The topological polar surface area (TPSA) is 51.4 Å². The van der Waals surface area contributed by atoms with Crippen LogP contribution >= 0.6 is 11.3 Å². The molecule has 0 radical (unpaired) electrons. The number of anilines is 1. The van der Waals surface area contributed by atoms with Gasteiger partial charge in [-0.1, -0.05) is 25.2 Å². The lowest BCUT2D eigenvalue weighted by molar-refractivity contribution is 0.378. The van der Waals surface area contributed by atoms with Crippen LogP contribution in [-0.4, -0.2) is 32.7 Å². The van der Waals surface area contributed by atoms with Gasteiger partial charge >= 0.3 is 0 Å². The Morgan fingerprint density at radius 1 is 1.44 bits per heavy atom. The minimum atomic E-state index is 0.0199. The van der Waals surface area contributed by atoms with E-state index in [1.54, 1.807) is 18.4 Å². The van der Waals surface area contributed by atoms with Crippen LogP contribution < -0.4 is 15.4 Å². The summed E-state index contributed by atoms with van der Waals surface area (Å²) >= 11 is 1.67. The quantitative estimate of drug-likeness (QED) is 0.857. The van der Waals surface area contributed by atoms with Crippen molar-refractivity contribution in [2.45, 2.75) is 25.7 Å². The molecule has 0 unspecified atom stereocenters. The number of methoxy groups -OCH3 is 1. The lowest BCUT2D eigenvalue weighted by Crippen LogP contribution is -2.21. The van der Waals surface area contributed by atoms with Crippen LogP contribution in [0.15, 0.2) is 0 Å². The van der Waals surface area contributed by atoms with E-state index in [0.717, 1.165) is 17.4 Å². The molecule has 0 amide bonds. The zero-order valence-electron chi connectivity index (χ0n) is 10.7. The van der Waals surface area contributed by atoms with Crippen LogP contribution in [0.2, 0.25) is 0 Å². The summed E-state index contributed by atoms with van der Waals surface area (Å²) in [5, 5.41) is 0.969. The standard InChI is InChI=1S/C11H21N3OS/c1-11(2,6-7-12)8-9(15-5)13-10(16-8)14(3)4/h6-7,12H2,1-5H3. The number of hydrogen-bond acceptors (Lipinski definition) is 5. The molecular formula is C11H21N3OS. The van der Waals surface area contributed by atoms with Crippen molar-refractivity contribution in [2.75, 3.05) is 32.6 Å². The van der Waals surface area contributed by atoms with Crippen molar-refractivity contribution >= 4 is 16.5 Å². The molecular weight excluding hydrogens is 222 g/mol. The van der Waals surface area contributed by atoms with Gasteiger partial charge in [0.15, 0.2) is 5.13 Å². The molecule has 1 rings (SSSR count). The lowest BCUT2D eigenvalue weighted by Gasteiger charge is -2.22. The van der Waals surface area contributed by atoms with Gasteiger partial charge in [0.2, 0.25) is 5.88 Å². The maximum Gasteiger partial charge on any atom is 0.229 e. The van der Waals surface area contributed by atoms with Crippen molar-refractivity contribution in [3.05, 3.63) is 4.88 Å². The summed E-state index contributed by atoms with van der Waals surface area (Å²) in [5.41, 5.74) is 5.66. The number of thiazole rings is 1. The minimum absolute atomic E-state index is 0.0199. The second-order valence-electron chi connectivity index (χ2n) is 4.65. The fourth-order valence-electron chi connectivity index (χ4n) is 1.53. The third-order valence-electron chi connectivity index (χ3n) is 2.54. The van der Waals surface area contributed by atoms with E-state index in [2.05, 4.69) is 18.8 Å². The Kier molecular flexibility index (Phi) is 4.15. The van der Waals surface area contributed by atoms with Crippen molar-refractivity contribution in [3.8, 4) is 5.88 Å². The van der Waals surface area contributed by atoms with E-state index in [9.17, 15) is 0 Å². The smallest absolute Gasteiger partial charge is 0.229 e. The third kappa shape index (κ3) is 2.65. The van der Waals surface area contributed by atoms with Gasteiger partial charge < -0.3 is 15.4 Å². The van der Waals surface area contributed by atoms with Crippen molar-refractivity contribution in [1.29, 1.82) is 0 Å². The summed E-state index contributed by atoms with van der Waals surface area (Å²) in [4.78, 5) is 7.62. The zero-order valence-corrected chi connectivity index (χ0v) is 11.5. The Bertz CT molecular complexity index is 347. The van der Waals surface area contributed by atoms with Crippen molar-refractivity contribution in [1.82, 2.24) is 4.98 Å². The van der Waals surface area contributed by atoms with Crippen molar-refractivity contribution in [3.63, 3.8) is 0 Å². The first-order valence-corrected chi connectivity index (χ1v) is 6.16. The molecule has 0 aliphatic carbocycles. The fraction of sp³-hybridized carbons (Fsp3) is 0.727. The number of rotatable bonds is 5. The number of nitrogens with zero attached hydrogens (tertiary/aromatic N) is 2. The van der Waals surface area contributed by atoms with Gasteiger partial charge in [-0.15, -0.1) is 0 Å². The highest BCUT2D eigenvalue weighted by atomic mass is 32.1. The molecule has 0 saturated heterocycles. The third-order valence-corrected chi connectivity index (χ3v) is 4.12. The van der Waals surface area contributed by atoms with E-state index in [-0.39, 0.29) is 5.41 Å². The Morgan fingerprint density at radius 3 is 2.50 bits per heavy atom. The largest absolute Gasteiger partial charge is 0.480 e. The number of ether oxygens (including phenoxy) is 1. The summed E-state index contributed by atoms with van der Waals surface area (Å²) in [6.45, 7) is 5.02. The summed E-state index contributed by atoms with van der Waals surface area (Å²) in [7, 11) is 5.63. The van der Waals surface area contributed by atoms with E-state index in [4.69, 9.17) is 10.5 Å². The number of hydrogen-bond donors (Lipinski definition) is 1. The zero-order chi connectivity index (χ0) is 12.3. The summed E-state index contributed by atoms with van der Waals surface area (Å²) < 4.78 is 5.34. The first-order chi connectivity index (χ1) is 7.42. The SMILES string of the molecule is COc1nc(N(C)C)sc1C(C)(C)CCN. The molecule has 0 fully saturated rings. The van der Waals surface area contributed by atoms with Gasteiger partial charge in [-0.05, 0) is 13.0 Å². The molecule has 5 heteroatoms. The van der Waals surface area contributed by atoms with Gasteiger partial charge in [0, 0.05) is 19.5 Å². The van der Waals surface area contributed by atoms with Gasteiger partial charge in [-0.3, -0.25) is 0 Å². The molecule has 0 saturated carbocycles. The summed E-state index contributed by atoms with van der Waals surface area (Å²) in [6, 6.07) is 0. The molecule has 1 heterocycles. The minimum Gasteiger partial charge on any atom is -0.480 e. The van der Waals surface area contributed by atoms with E-state index in [0.29, 0.717) is 6.54 Å². The molecule has 0 spiro atoms. The maximum atomic E-state index is 5.64. The van der Waals surface area contributed by atoms with Gasteiger partial charge in [-0.25, -0.2) is 0 Å². The molecule has 0 aliphatic heterocycles. The average molecular weight is 243 g/mol. The molecule has 1 aromatic heterocycles. The predicted octanol–water partition coefficient (Wildman–Crippen LogP) is 1.84. The van der Waals surface area contributed by atoms with Crippen LogP contribution in [0, 0.1) is 0 Å². The second kappa shape index (κ2) is 5.01. The highest BCUT2D eigenvalue weighted by Crippen LogP contribution is 2.40. The van der Waals surface area contributed by atoms with Gasteiger partial charge in [-0.2, -0.15) is 4.98 Å². The van der Waals surface area contributed by atoms with Crippen molar-refractivity contribution < 1.29 is 4.74 Å². The van der Waals surface area contributed by atoms with Crippen LogP contribution in [-0.2, 0) is 5.41 Å². The Labute approximate surface area is 101 Å². The van der Waals surface area contributed by atoms with Gasteiger partial charge in [0.25, 0.3) is 0 Å². The van der Waals surface area contributed by atoms with Gasteiger partial charge in [0.05, 0.1) is 12.0 Å². The Hall–Kier alpha value is -0.810. The summed E-state index contributed by atoms with van der Waals surface area (Å²) in [6.07, 6.45) is 0.929. The Morgan fingerprint density at radius 2 is 2.06 bits per heavy atom. The lowest BCUT2D eigenvalue weighted by atomic mass is 9.88. The summed E-state index contributed by atoms with van der Waals surface area (Å²) in [5.74, 6) is 0.729. The molecule has 0 aromatic carbocycles. The van der Waals surface area contributed by atoms with Crippen LogP contribution in [0.1, 0.15) is 25.1 Å². The van der Waals surface area contributed by atoms with Crippen LogP contribution in [0.3, 0.4) is 0 Å². The molecule has 0 bridgehead atoms. The predicted molar refractivity (Wildman–Crippen MR) is 69.7 cm³/mol. The molecule has 4 nitrogen and oxygen atoms in total. The van der Waals surface area contributed by atoms with E-state index >= 15 is 0 Å². The van der Waals surface area contributed by atoms with E-state index in [1.807, 2.05) is 19.0 Å².